The summed E-state index contributed by atoms with van der Waals surface area (Å²) in [6.07, 6.45) is 41.0. The number of hydrogen-bond acceptors (Lipinski definition) is 7. The highest BCUT2D eigenvalue weighted by Gasteiger charge is 2.16. The number of thiol groups is 1. The number of rotatable bonds is 36. The van der Waals surface area contributed by atoms with E-state index in [0.717, 1.165) is 51.4 Å². The molecule has 50 heavy (non-hydrogen) atoms. The number of carbonyl (C=O) groups is 3. The van der Waals surface area contributed by atoms with Gasteiger partial charge in [0.25, 0.3) is 0 Å². The topological polar surface area (TPSA) is 110 Å². The van der Waals surface area contributed by atoms with Gasteiger partial charge in [-0.1, -0.05) is 141 Å². The molecule has 7 nitrogen and oxygen atoms in total. The second kappa shape index (κ2) is 43.4. The minimum atomic E-state index is -0.787. The molecule has 0 bridgehead atoms. The van der Waals surface area contributed by atoms with Crippen molar-refractivity contribution in [3.63, 3.8) is 0 Å². The van der Waals surface area contributed by atoms with Gasteiger partial charge in [0.2, 0.25) is 0 Å². The maximum atomic E-state index is 12.1. The van der Waals surface area contributed by atoms with Crippen molar-refractivity contribution in [3.8, 4) is 0 Å². The van der Waals surface area contributed by atoms with Gasteiger partial charge in [-0.2, -0.15) is 12.6 Å². The van der Waals surface area contributed by atoms with E-state index in [9.17, 15) is 19.5 Å². The van der Waals surface area contributed by atoms with E-state index in [1.807, 2.05) is 0 Å². The fourth-order valence-electron chi connectivity index (χ4n) is 5.40. The Hall–Kier alpha value is -1.80. The van der Waals surface area contributed by atoms with E-state index in [-0.39, 0.29) is 31.6 Å². The second-order valence-electron chi connectivity index (χ2n) is 13.5. The van der Waals surface area contributed by atoms with E-state index < -0.39 is 12.1 Å². The van der Waals surface area contributed by atoms with E-state index in [4.69, 9.17) is 14.6 Å². The number of aliphatic carboxylic acids is 1. The molecule has 2 N–H and O–H groups in total. The molecule has 0 heterocycles. The largest absolute Gasteiger partial charge is 0.481 e. The zero-order chi connectivity index (χ0) is 37.2. The van der Waals surface area contributed by atoms with Crippen LogP contribution in [-0.2, 0) is 23.9 Å². The fourth-order valence-corrected chi connectivity index (χ4v) is 5.59. The Morgan fingerprint density at radius 3 is 1.24 bits per heavy atom. The van der Waals surface area contributed by atoms with E-state index in [0.29, 0.717) is 18.6 Å². The summed E-state index contributed by atoms with van der Waals surface area (Å²) >= 11 is 3.68. The predicted octanol–water partition coefficient (Wildman–Crippen LogP) is 11.9. The monoisotopic (exact) mass is 727 g/mol. The summed E-state index contributed by atoms with van der Waals surface area (Å²) in [7, 11) is 0. The van der Waals surface area contributed by atoms with Gasteiger partial charge in [0.15, 0.2) is 6.10 Å². The third-order valence-corrected chi connectivity index (χ3v) is 8.77. The number of unbranched alkanes of at least 4 members (excludes halogenated alkanes) is 22. The Kier molecular flexibility index (Phi) is 43.6. The SMILES string of the molecule is CCCCCCCC/C=C\CCCCCCCC(=O)OCC(CO)OC(=O)CCCCCCC/C=C\CCCCCCCC.O=C(O)CCS. The van der Waals surface area contributed by atoms with Crippen molar-refractivity contribution in [3.05, 3.63) is 24.3 Å². The average Bonchev–Trinajstić information content (AvgIpc) is 3.10. The summed E-state index contributed by atoms with van der Waals surface area (Å²) in [5.41, 5.74) is 0. The van der Waals surface area contributed by atoms with Crippen LogP contribution in [0.1, 0.15) is 200 Å². The van der Waals surface area contributed by atoms with Crippen LogP contribution in [0.25, 0.3) is 0 Å². The molecule has 0 aliphatic carbocycles. The van der Waals surface area contributed by atoms with Crippen molar-refractivity contribution < 1.29 is 34.1 Å². The molecule has 1 unspecified atom stereocenters. The molecule has 0 aliphatic heterocycles. The normalized spacial score (nSPS) is 11.8. The highest BCUT2D eigenvalue weighted by Crippen LogP contribution is 2.12. The minimum Gasteiger partial charge on any atom is -0.481 e. The Morgan fingerprint density at radius 1 is 0.540 bits per heavy atom. The van der Waals surface area contributed by atoms with Crippen molar-refractivity contribution in [2.24, 2.45) is 0 Å². The van der Waals surface area contributed by atoms with E-state index in [1.54, 1.807) is 0 Å². The molecule has 0 aromatic heterocycles. The molecule has 0 aromatic carbocycles. The Labute approximate surface area is 313 Å². The predicted molar refractivity (Wildman–Crippen MR) is 213 cm³/mol. The zero-order valence-corrected chi connectivity index (χ0v) is 33.3. The van der Waals surface area contributed by atoms with Crippen LogP contribution < -0.4 is 0 Å². The summed E-state index contributed by atoms with van der Waals surface area (Å²) in [6, 6.07) is 0. The number of esters is 2. The Balaban J connectivity index is 0. The number of allylic oxidation sites excluding steroid dienone is 4. The van der Waals surface area contributed by atoms with Crippen molar-refractivity contribution in [2.75, 3.05) is 19.0 Å². The lowest BCUT2D eigenvalue weighted by Gasteiger charge is -2.15. The smallest absolute Gasteiger partial charge is 0.306 e. The summed E-state index contributed by atoms with van der Waals surface area (Å²) in [5.74, 6) is -0.968. The molecule has 0 saturated carbocycles. The van der Waals surface area contributed by atoms with Crippen LogP contribution >= 0.6 is 12.6 Å². The number of carboxylic acids is 1. The fraction of sp³-hybridized carbons (Fsp3) is 0.833. The van der Waals surface area contributed by atoms with Gasteiger partial charge in [-0.25, -0.2) is 0 Å². The molecule has 0 amide bonds. The van der Waals surface area contributed by atoms with Crippen LogP contribution in [0.3, 0.4) is 0 Å². The van der Waals surface area contributed by atoms with Gasteiger partial charge in [0.05, 0.1) is 13.0 Å². The van der Waals surface area contributed by atoms with Crippen LogP contribution in [0.5, 0.6) is 0 Å². The van der Waals surface area contributed by atoms with Crippen molar-refractivity contribution in [1.82, 2.24) is 0 Å². The number of carboxylic acid groups (broad SMARTS) is 1. The number of carbonyl (C=O) groups excluding carboxylic acids is 2. The third-order valence-electron chi connectivity index (χ3n) is 8.54. The third kappa shape index (κ3) is 44.2. The lowest BCUT2D eigenvalue weighted by molar-refractivity contribution is -0.161. The molecular formula is C42H78O7S. The first kappa shape index (κ1) is 50.3. The molecule has 294 valence electrons. The van der Waals surface area contributed by atoms with Gasteiger partial charge < -0.3 is 19.7 Å². The second-order valence-corrected chi connectivity index (χ2v) is 14.0. The maximum Gasteiger partial charge on any atom is 0.306 e. The molecule has 8 heteroatoms. The molecule has 0 aromatic rings. The van der Waals surface area contributed by atoms with Crippen LogP contribution in [0.2, 0.25) is 0 Å². The number of aliphatic hydroxyl groups excluding tert-OH is 1. The molecule has 0 radical (unpaired) electrons. The molecular weight excluding hydrogens is 649 g/mol. The summed E-state index contributed by atoms with van der Waals surface area (Å²) in [6.45, 7) is 4.11. The summed E-state index contributed by atoms with van der Waals surface area (Å²) in [5, 5.41) is 17.4. The lowest BCUT2D eigenvalue weighted by atomic mass is 10.1. The molecule has 0 aliphatic rings. The van der Waals surface area contributed by atoms with E-state index in [1.165, 1.54) is 116 Å². The highest BCUT2D eigenvalue weighted by atomic mass is 32.1. The molecule has 0 saturated heterocycles. The zero-order valence-electron chi connectivity index (χ0n) is 32.4. The molecule has 1 atom stereocenters. The highest BCUT2D eigenvalue weighted by molar-refractivity contribution is 7.80. The van der Waals surface area contributed by atoms with Gasteiger partial charge in [-0.3, -0.25) is 14.4 Å². The van der Waals surface area contributed by atoms with Crippen LogP contribution in [-0.4, -0.2) is 53.2 Å². The van der Waals surface area contributed by atoms with Gasteiger partial charge in [-0.05, 0) is 64.2 Å². The van der Waals surface area contributed by atoms with Gasteiger partial charge >= 0.3 is 17.9 Å². The first-order valence-electron chi connectivity index (χ1n) is 20.5. The molecule has 0 fully saturated rings. The first-order chi connectivity index (χ1) is 24.4. The van der Waals surface area contributed by atoms with Crippen molar-refractivity contribution >= 4 is 30.5 Å². The Bertz CT molecular complexity index is 799. The summed E-state index contributed by atoms with van der Waals surface area (Å²) in [4.78, 5) is 33.7. The van der Waals surface area contributed by atoms with Gasteiger partial charge in [-0.15, -0.1) is 0 Å². The van der Waals surface area contributed by atoms with E-state index in [2.05, 4.69) is 50.8 Å². The van der Waals surface area contributed by atoms with Crippen LogP contribution in [0, 0.1) is 0 Å². The summed E-state index contributed by atoms with van der Waals surface area (Å²) < 4.78 is 10.6. The van der Waals surface area contributed by atoms with Gasteiger partial charge in [0.1, 0.15) is 6.61 Å². The molecule has 0 rings (SSSR count). The Morgan fingerprint density at radius 2 is 0.900 bits per heavy atom. The average molecular weight is 727 g/mol. The van der Waals surface area contributed by atoms with Crippen molar-refractivity contribution in [1.29, 1.82) is 0 Å². The number of aliphatic hydroxyl groups is 1. The lowest BCUT2D eigenvalue weighted by Crippen LogP contribution is -2.28. The van der Waals surface area contributed by atoms with Gasteiger partial charge in [0, 0.05) is 18.6 Å². The van der Waals surface area contributed by atoms with Crippen LogP contribution in [0.4, 0.5) is 0 Å². The number of hydrogen-bond donors (Lipinski definition) is 3. The number of ether oxygens (including phenoxy) is 2. The van der Waals surface area contributed by atoms with Crippen LogP contribution in [0.15, 0.2) is 24.3 Å². The molecule has 0 spiro atoms. The van der Waals surface area contributed by atoms with E-state index >= 15 is 0 Å². The maximum absolute atomic E-state index is 12.1. The standard InChI is InChI=1S/C39H72O5.C3H6O2S/c1-3-5-7-9-11-13-15-17-19-21-23-25-27-29-31-33-38(41)43-36-37(35-40)44-39(42)34-32-30-28-26-24-22-20-18-16-14-12-10-8-6-4-2;4-3(5)1-2-6/h17-20,37,40H,3-16,21-36H2,1-2H3;6H,1-2H2,(H,4,5)/b19-17-,20-18-;. The minimum absolute atomic E-state index is 0.0709. The van der Waals surface area contributed by atoms with Crippen molar-refractivity contribution in [2.45, 2.75) is 206 Å². The quantitative estimate of drug-likeness (QED) is 0.0255. The first-order valence-corrected chi connectivity index (χ1v) is 21.1.